The van der Waals surface area contributed by atoms with Crippen LogP contribution in [0.1, 0.15) is 18.1 Å². The lowest BCUT2D eigenvalue weighted by Gasteiger charge is -2.02. The van der Waals surface area contributed by atoms with Crippen molar-refractivity contribution in [1.82, 2.24) is 0 Å². The Balaban J connectivity index is 3.21. The second-order valence-electron chi connectivity index (χ2n) is 2.71. The maximum Gasteiger partial charge on any atom is 0.160 e. The quantitative estimate of drug-likeness (QED) is 0.626. The summed E-state index contributed by atoms with van der Waals surface area (Å²) in [5, 5.41) is 18.4. The third-order valence-corrected chi connectivity index (χ3v) is 1.66. The minimum absolute atomic E-state index is 0.0387. The third-order valence-electron chi connectivity index (χ3n) is 1.66. The number of rotatable bonds is 1. The Labute approximate surface area is 71.8 Å². The molecule has 12 heavy (non-hydrogen) atoms. The van der Waals surface area contributed by atoms with Gasteiger partial charge in [-0.1, -0.05) is 12.2 Å². The number of hydrogen-bond acceptors (Lipinski definition) is 2. The van der Waals surface area contributed by atoms with Gasteiger partial charge < -0.3 is 10.2 Å². The Bertz CT molecular complexity index is 291. The first-order valence-electron chi connectivity index (χ1n) is 3.80. The monoisotopic (exact) mass is 164 g/mol. The fourth-order valence-corrected chi connectivity index (χ4v) is 1.08. The third kappa shape index (κ3) is 1.59. The van der Waals surface area contributed by atoms with Crippen molar-refractivity contribution >= 4 is 6.08 Å². The van der Waals surface area contributed by atoms with Gasteiger partial charge in [0.05, 0.1) is 0 Å². The van der Waals surface area contributed by atoms with E-state index in [2.05, 4.69) is 0 Å². The van der Waals surface area contributed by atoms with Crippen LogP contribution >= 0.6 is 0 Å². The molecule has 0 aliphatic carbocycles. The summed E-state index contributed by atoms with van der Waals surface area (Å²) in [7, 11) is 0. The van der Waals surface area contributed by atoms with Gasteiger partial charge in [-0.25, -0.2) is 0 Å². The second kappa shape index (κ2) is 3.30. The Morgan fingerprint density at radius 3 is 2.42 bits per heavy atom. The van der Waals surface area contributed by atoms with E-state index < -0.39 is 0 Å². The molecule has 0 aliphatic heterocycles. The molecule has 0 aromatic heterocycles. The van der Waals surface area contributed by atoms with Gasteiger partial charge >= 0.3 is 0 Å². The van der Waals surface area contributed by atoms with Gasteiger partial charge in [-0.05, 0) is 37.1 Å². The molecular formula is C10H12O2. The van der Waals surface area contributed by atoms with E-state index in [0.717, 1.165) is 5.56 Å². The number of aromatic hydroxyl groups is 2. The number of hydrogen-bond donors (Lipinski definition) is 2. The highest BCUT2D eigenvalue weighted by Gasteiger charge is 2.02. The molecule has 0 saturated heterocycles. The van der Waals surface area contributed by atoms with Crippen molar-refractivity contribution in [2.24, 2.45) is 0 Å². The lowest BCUT2D eigenvalue weighted by molar-refractivity contribution is 0.401. The van der Waals surface area contributed by atoms with Crippen molar-refractivity contribution in [1.29, 1.82) is 0 Å². The molecule has 0 amide bonds. The highest BCUT2D eigenvalue weighted by Crippen LogP contribution is 2.29. The smallest absolute Gasteiger partial charge is 0.160 e. The molecule has 0 spiro atoms. The van der Waals surface area contributed by atoms with Crippen LogP contribution in [0.25, 0.3) is 6.08 Å². The zero-order valence-corrected chi connectivity index (χ0v) is 7.20. The van der Waals surface area contributed by atoms with Crippen LogP contribution in [0.3, 0.4) is 0 Å². The number of phenolic OH excluding ortho intramolecular Hbond substituents is 2. The lowest BCUT2D eigenvalue weighted by atomic mass is 10.1. The summed E-state index contributed by atoms with van der Waals surface area (Å²) in [6, 6.07) is 3.34. The summed E-state index contributed by atoms with van der Waals surface area (Å²) < 4.78 is 0. The number of aryl methyl sites for hydroxylation is 1. The van der Waals surface area contributed by atoms with E-state index in [1.165, 1.54) is 6.07 Å². The van der Waals surface area contributed by atoms with Crippen LogP contribution in [-0.4, -0.2) is 10.2 Å². The molecule has 1 rings (SSSR count). The summed E-state index contributed by atoms with van der Waals surface area (Å²) >= 11 is 0. The SMILES string of the molecule is C/C=C/c1cc(C)c(O)c(O)c1. The molecular weight excluding hydrogens is 152 g/mol. The van der Waals surface area contributed by atoms with Crippen molar-refractivity contribution in [3.8, 4) is 11.5 Å². The van der Waals surface area contributed by atoms with Crippen molar-refractivity contribution < 1.29 is 10.2 Å². The first-order chi connectivity index (χ1) is 5.65. The fourth-order valence-electron chi connectivity index (χ4n) is 1.08. The van der Waals surface area contributed by atoms with Gasteiger partial charge in [-0.3, -0.25) is 0 Å². The highest BCUT2D eigenvalue weighted by atomic mass is 16.3. The highest BCUT2D eigenvalue weighted by molar-refractivity contribution is 5.57. The van der Waals surface area contributed by atoms with Gasteiger partial charge in [0.1, 0.15) is 0 Å². The van der Waals surface area contributed by atoms with E-state index in [1.807, 2.05) is 25.1 Å². The first kappa shape index (κ1) is 8.65. The number of phenols is 2. The van der Waals surface area contributed by atoms with Crippen molar-refractivity contribution in [3.63, 3.8) is 0 Å². The van der Waals surface area contributed by atoms with Crippen LogP contribution in [-0.2, 0) is 0 Å². The van der Waals surface area contributed by atoms with Crippen LogP contribution in [0.4, 0.5) is 0 Å². The van der Waals surface area contributed by atoms with Crippen molar-refractivity contribution in [3.05, 3.63) is 29.3 Å². The van der Waals surface area contributed by atoms with E-state index in [1.54, 1.807) is 6.92 Å². The van der Waals surface area contributed by atoms with Gasteiger partial charge in [0, 0.05) is 0 Å². The zero-order valence-electron chi connectivity index (χ0n) is 7.20. The van der Waals surface area contributed by atoms with Crippen molar-refractivity contribution in [2.75, 3.05) is 0 Å². The number of allylic oxidation sites excluding steroid dienone is 1. The van der Waals surface area contributed by atoms with Gasteiger partial charge in [0.15, 0.2) is 11.5 Å². The van der Waals surface area contributed by atoms with E-state index in [-0.39, 0.29) is 11.5 Å². The molecule has 0 radical (unpaired) electrons. The summed E-state index contributed by atoms with van der Waals surface area (Å²) in [5.74, 6) is -0.105. The van der Waals surface area contributed by atoms with Gasteiger partial charge in [-0.15, -0.1) is 0 Å². The number of benzene rings is 1. The fraction of sp³-hybridized carbons (Fsp3) is 0.200. The first-order valence-corrected chi connectivity index (χ1v) is 3.80. The van der Waals surface area contributed by atoms with Gasteiger partial charge in [0.25, 0.3) is 0 Å². The zero-order chi connectivity index (χ0) is 9.14. The summed E-state index contributed by atoms with van der Waals surface area (Å²) in [4.78, 5) is 0. The largest absolute Gasteiger partial charge is 0.504 e. The minimum Gasteiger partial charge on any atom is -0.504 e. The van der Waals surface area contributed by atoms with E-state index in [4.69, 9.17) is 0 Å². The van der Waals surface area contributed by atoms with Crippen LogP contribution in [0.5, 0.6) is 11.5 Å². The molecule has 1 aromatic rings. The Kier molecular flexibility index (Phi) is 2.38. The standard InChI is InChI=1S/C10H12O2/c1-3-4-8-5-7(2)10(12)9(11)6-8/h3-6,11-12H,1-2H3/b4-3+. The molecule has 2 heteroatoms. The second-order valence-corrected chi connectivity index (χ2v) is 2.71. The summed E-state index contributed by atoms with van der Waals surface area (Å²) in [6.07, 6.45) is 3.75. The molecule has 64 valence electrons. The minimum atomic E-state index is -0.0666. The lowest BCUT2D eigenvalue weighted by Crippen LogP contribution is -1.78. The maximum atomic E-state index is 9.22. The molecule has 0 unspecified atom stereocenters. The van der Waals surface area contributed by atoms with Crippen LogP contribution < -0.4 is 0 Å². The maximum absolute atomic E-state index is 9.22. The molecule has 0 atom stereocenters. The molecule has 0 fully saturated rings. The van der Waals surface area contributed by atoms with E-state index in [9.17, 15) is 10.2 Å². The predicted molar refractivity (Wildman–Crippen MR) is 49.2 cm³/mol. The van der Waals surface area contributed by atoms with Crippen LogP contribution in [0.15, 0.2) is 18.2 Å². The van der Waals surface area contributed by atoms with Crippen molar-refractivity contribution in [2.45, 2.75) is 13.8 Å². The Hall–Kier alpha value is -1.44. The van der Waals surface area contributed by atoms with Crippen LogP contribution in [0, 0.1) is 6.92 Å². The van der Waals surface area contributed by atoms with E-state index in [0.29, 0.717) is 5.56 Å². The Morgan fingerprint density at radius 2 is 1.92 bits per heavy atom. The summed E-state index contributed by atoms with van der Waals surface area (Å²) in [5.41, 5.74) is 1.58. The average molecular weight is 164 g/mol. The molecule has 0 aliphatic rings. The molecule has 0 saturated carbocycles. The normalized spacial score (nSPS) is 10.8. The Morgan fingerprint density at radius 1 is 1.25 bits per heavy atom. The van der Waals surface area contributed by atoms with E-state index >= 15 is 0 Å². The van der Waals surface area contributed by atoms with Gasteiger partial charge in [-0.2, -0.15) is 0 Å². The molecule has 0 bridgehead atoms. The van der Waals surface area contributed by atoms with Gasteiger partial charge in [0.2, 0.25) is 0 Å². The molecule has 2 N–H and O–H groups in total. The summed E-state index contributed by atoms with van der Waals surface area (Å²) in [6.45, 7) is 3.65. The average Bonchev–Trinajstić information content (AvgIpc) is 2.01. The topological polar surface area (TPSA) is 40.5 Å². The van der Waals surface area contributed by atoms with Crippen LogP contribution in [0.2, 0.25) is 0 Å². The molecule has 2 nitrogen and oxygen atoms in total. The molecule has 1 aromatic carbocycles. The molecule has 0 heterocycles. The predicted octanol–water partition coefficient (Wildman–Crippen LogP) is 2.44.